The predicted octanol–water partition coefficient (Wildman–Crippen LogP) is 3.77. The van der Waals surface area contributed by atoms with Gasteiger partial charge in [-0.3, -0.25) is 4.84 Å². The second-order valence-corrected chi connectivity index (χ2v) is 9.99. The van der Waals surface area contributed by atoms with Crippen LogP contribution in [0.1, 0.15) is 33.3 Å². The zero-order valence-corrected chi connectivity index (χ0v) is 20.2. The van der Waals surface area contributed by atoms with E-state index in [0.717, 1.165) is 14.9 Å². The van der Waals surface area contributed by atoms with Gasteiger partial charge in [-0.05, 0) is 55.8 Å². The molecule has 4 rings (SSSR count). The molecule has 30 heavy (non-hydrogen) atoms. The van der Waals surface area contributed by atoms with Crippen molar-refractivity contribution in [3.8, 4) is 0 Å². The number of nitrogens with zero attached hydrogens (tertiary/aromatic N) is 1. The molecule has 7 nitrogen and oxygen atoms in total. The third-order valence-electron chi connectivity index (χ3n) is 5.48. The largest absolute Gasteiger partial charge is 0.498 e. The van der Waals surface area contributed by atoms with E-state index in [1.54, 1.807) is 7.11 Å². The SMILES string of the molecule is COC1=C(I)CON(Cc2ccccc2)[C@H]1[C@H]1OC(C)(C)O[C@@H]1[C@H]1COC(C)(C)O1. The summed E-state index contributed by atoms with van der Waals surface area (Å²) in [5.74, 6) is -0.565. The van der Waals surface area contributed by atoms with Crippen molar-refractivity contribution in [1.29, 1.82) is 0 Å². The predicted molar refractivity (Wildman–Crippen MR) is 119 cm³/mol. The lowest BCUT2D eigenvalue weighted by Gasteiger charge is -2.40. The normalized spacial score (nSPS) is 33.8. The molecule has 0 unspecified atom stereocenters. The number of rotatable bonds is 5. The minimum absolute atomic E-state index is 0.247. The first-order valence-corrected chi connectivity index (χ1v) is 11.3. The van der Waals surface area contributed by atoms with Crippen molar-refractivity contribution >= 4 is 22.6 Å². The quantitative estimate of drug-likeness (QED) is 0.537. The molecule has 2 saturated heterocycles. The highest BCUT2D eigenvalue weighted by atomic mass is 127. The van der Waals surface area contributed by atoms with Gasteiger partial charge in [0.2, 0.25) is 0 Å². The summed E-state index contributed by atoms with van der Waals surface area (Å²) in [6, 6.07) is 9.94. The monoisotopic (exact) mass is 531 g/mol. The van der Waals surface area contributed by atoms with E-state index in [9.17, 15) is 0 Å². The van der Waals surface area contributed by atoms with E-state index in [0.29, 0.717) is 19.8 Å². The van der Waals surface area contributed by atoms with Gasteiger partial charge in [0, 0.05) is 0 Å². The third kappa shape index (κ3) is 4.69. The maximum Gasteiger partial charge on any atom is 0.163 e. The van der Waals surface area contributed by atoms with Crippen LogP contribution in [0.2, 0.25) is 0 Å². The molecule has 4 atom stereocenters. The van der Waals surface area contributed by atoms with Gasteiger partial charge in [0.15, 0.2) is 11.6 Å². The van der Waals surface area contributed by atoms with Gasteiger partial charge in [-0.1, -0.05) is 30.3 Å². The number of hydroxylamine groups is 2. The Morgan fingerprint density at radius 2 is 1.73 bits per heavy atom. The number of ether oxygens (including phenoxy) is 5. The van der Waals surface area contributed by atoms with E-state index in [1.165, 1.54) is 0 Å². The van der Waals surface area contributed by atoms with Crippen LogP contribution in [0, 0.1) is 0 Å². The third-order valence-corrected chi connectivity index (χ3v) is 6.32. The summed E-state index contributed by atoms with van der Waals surface area (Å²) in [6.45, 7) is 9.19. The molecular weight excluding hydrogens is 501 g/mol. The van der Waals surface area contributed by atoms with Gasteiger partial charge >= 0.3 is 0 Å². The smallest absolute Gasteiger partial charge is 0.163 e. The second kappa shape index (κ2) is 8.65. The van der Waals surface area contributed by atoms with E-state index in [1.807, 2.05) is 51.0 Å². The average Bonchev–Trinajstić information content (AvgIpc) is 3.21. The van der Waals surface area contributed by atoms with E-state index < -0.39 is 11.6 Å². The van der Waals surface area contributed by atoms with E-state index >= 15 is 0 Å². The van der Waals surface area contributed by atoms with Gasteiger partial charge < -0.3 is 23.7 Å². The molecule has 3 heterocycles. The summed E-state index contributed by atoms with van der Waals surface area (Å²) in [5.41, 5.74) is 1.14. The van der Waals surface area contributed by atoms with Crippen LogP contribution in [0.5, 0.6) is 0 Å². The van der Waals surface area contributed by atoms with Crippen molar-refractivity contribution in [1.82, 2.24) is 5.06 Å². The number of hydrogen-bond acceptors (Lipinski definition) is 7. The highest BCUT2D eigenvalue weighted by Gasteiger charge is 2.55. The summed E-state index contributed by atoms with van der Waals surface area (Å²) < 4.78 is 31.6. The number of methoxy groups -OCH3 is 1. The maximum absolute atomic E-state index is 6.43. The van der Waals surface area contributed by atoms with E-state index in [2.05, 4.69) is 34.7 Å². The molecule has 3 aliphatic heterocycles. The minimum Gasteiger partial charge on any atom is -0.498 e. The molecule has 0 saturated carbocycles. The molecule has 1 aromatic carbocycles. The Balaban J connectivity index is 1.67. The van der Waals surface area contributed by atoms with Crippen molar-refractivity contribution in [2.24, 2.45) is 0 Å². The van der Waals surface area contributed by atoms with Crippen LogP contribution in [-0.2, 0) is 35.1 Å². The lowest BCUT2D eigenvalue weighted by Crippen LogP contribution is -2.54. The Bertz CT molecular complexity index is 783. The highest BCUT2D eigenvalue weighted by Crippen LogP contribution is 2.41. The maximum atomic E-state index is 6.43. The molecule has 0 bridgehead atoms. The van der Waals surface area contributed by atoms with Crippen LogP contribution in [0.3, 0.4) is 0 Å². The zero-order valence-electron chi connectivity index (χ0n) is 18.1. The Labute approximate surface area is 191 Å². The topological polar surface area (TPSA) is 58.6 Å². The highest BCUT2D eigenvalue weighted by molar-refractivity contribution is 14.1. The number of benzene rings is 1. The molecule has 0 N–H and O–H groups in total. The molecule has 2 fully saturated rings. The minimum atomic E-state index is -0.758. The van der Waals surface area contributed by atoms with Crippen LogP contribution in [0.4, 0.5) is 0 Å². The average molecular weight is 531 g/mol. The number of halogens is 1. The van der Waals surface area contributed by atoms with Crippen LogP contribution in [-0.4, -0.2) is 61.3 Å². The van der Waals surface area contributed by atoms with Crippen molar-refractivity contribution in [2.75, 3.05) is 20.3 Å². The molecule has 1 aromatic rings. The number of hydrogen-bond donors (Lipinski definition) is 0. The zero-order chi connectivity index (χ0) is 21.5. The van der Waals surface area contributed by atoms with Gasteiger partial charge in [-0.2, -0.15) is 5.06 Å². The van der Waals surface area contributed by atoms with Gasteiger partial charge in [0.1, 0.15) is 36.7 Å². The molecule has 0 aliphatic carbocycles. The summed E-state index contributed by atoms with van der Waals surface area (Å²) >= 11 is 2.28. The molecule has 8 heteroatoms. The molecule has 0 spiro atoms. The van der Waals surface area contributed by atoms with Crippen LogP contribution >= 0.6 is 22.6 Å². The summed E-state index contributed by atoms with van der Waals surface area (Å²) in [7, 11) is 1.70. The second-order valence-electron chi connectivity index (χ2n) is 8.68. The Morgan fingerprint density at radius 3 is 2.37 bits per heavy atom. The summed E-state index contributed by atoms with van der Waals surface area (Å²) in [4.78, 5) is 6.15. The van der Waals surface area contributed by atoms with Crippen LogP contribution < -0.4 is 0 Å². The standard InChI is InChI=1S/C22H30INO6/c1-21(2)26-13-16(28-21)19-20(30-22(3,4)29-19)17-18(25-5)15(23)12-27-24(17)11-14-9-7-6-8-10-14/h6-10,16-17,19-20H,11-13H2,1-5H3/t16-,17-,19-,20-/m1/s1. The van der Waals surface area contributed by atoms with Crippen molar-refractivity contribution in [3.63, 3.8) is 0 Å². The molecule has 0 amide bonds. The van der Waals surface area contributed by atoms with Crippen molar-refractivity contribution < 1.29 is 28.5 Å². The Morgan fingerprint density at radius 1 is 1.03 bits per heavy atom. The Hall–Kier alpha value is -0.750. The molecule has 0 radical (unpaired) electrons. The fourth-order valence-electron chi connectivity index (χ4n) is 4.26. The van der Waals surface area contributed by atoms with Crippen molar-refractivity contribution in [2.45, 2.75) is 70.2 Å². The van der Waals surface area contributed by atoms with Crippen LogP contribution in [0.25, 0.3) is 0 Å². The molecule has 3 aliphatic rings. The lowest BCUT2D eigenvalue weighted by molar-refractivity contribution is -0.225. The first-order chi connectivity index (χ1) is 14.2. The first-order valence-electron chi connectivity index (χ1n) is 10.2. The summed E-state index contributed by atoms with van der Waals surface area (Å²) in [6.07, 6.45) is -0.935. The molecular formula is C22H30INO6. The van der Waals surface area contributed by atoms with Gasteiger partial charge in [0.25, 0.3) is 0 Å². The van der Waals surface area contributed by atoms with E-state index in [-0.39, 0.29) is 24.4 Å². The summed E-state index contributed by atoms with van der Waals surface area (Å²) in [5, 5.41) is 1.94. The molecule has 0 aromatic heterocycles. The van der Waals surface area contributed by atoms with Gasteiger partial charge in [-0.25, -0.2) is 0 Å². The van der Waals surface area contributed by atoms with Crippen LogP contribution in [0.15, 0.2) is 39.7 Å². The fraction of sp³-hybridized carbons (Fsp3) is 0.636. The first kappa shape index (κ1) is 22.4. The lowest BCUT2D eigenvalue weighted by atomic mass is 9.98. The molecule has 166 valence electrons. The van der Waals surface area contributed by atoms with Crippen molar-refractivity contribution in [3.05, 3.63) is 45.2 Å². The van der Waals surface area contributed by atoms with Gasteiger partial charge in [-0.15, -0.1) is 0 Å². The fourth-order valence-corrected chi connectivity index (χ4v) is 4.94. The van der Waals surface area contributed by atoms with Gasteiger partial charge in [0.05, 0.1) is 23.8 Å². The Kier molecular flexibility index (Phi) is 6.47. The van der Waals surface area contributed by atoms with E-state index in [4.69, 9.17) is 28.5 Å².